The average molecular weight is 303 g/mol. The number of aliphatic imine (C=N–C) groups is 1. The number of thioether (sulfide) groups is 1. The largest absolute Gasteiger partial charge is 0.446 e. The number of amidine groups is 1. The Labute approximate surface area is 110 Å². The lowest BCUT2D eigenvalue weighted by Crippen LogP contribution is -2.12. The van der Waals surface area contributed by atoms with Crippen molar-refractivity contribution in [2.45, 2.75) is 10.4 Å². The van der Waals surface area contributed by atoms with E-state index in [-0.39, 0.29) is 39.1 Å². The van der Waals surface area contributed by atoms with E-state index in [1.54, 1.807) is 0 Å². The van der Waals surface area contributed by atoms with Crippen molar-refractivity contribution in [3.05, 3.63) is 23.2 Å². The summed E-state index contributed by atoms with van der Waals surface area (Å²) in [6.45, 7) is 0. The first kappa shape index (κ1) is 14.5. The second kappa shape index (κ2) is 5.84. The molecule has 0 saturated carbocycles. The van der Waals surface area contributed by atoms with Crippen molar-refractivity contribution in [2.75, 3.05) is 5.88 Å². The molecule has 0 bridgehead atoms. The minimum absolute atomic E-state index is 0.0111. The Morgan fingerprint density at radius 1 is 1.41 bits per heavy atom. The van der Waals surface area contributed by atoms with Crippen LogP contribution in [0.1, 0.15) is 0 Å². The third kappa shape index (κ3) is 5.06. The summed E-state index contributed by atoms with van der Waals surface area (Å²) in [5, 5.41) is 0.213. The van der Waals surface area contributed by atoms with Crippen LogP contribution < -0.4 is 5.73 Å². The fraction of sp³-hybridized carbons (Fsp3) is 0.222. The van der Waals surface area contributed by atoms with Crippen LogP contribution >= 0.6 is 35.0 Å². The van der Waals surface area contributed by atoms with Crippen LogP contribution in [0, 0.1) is 0 Å². The Morgan fingerprint density at radius 2 is 2.06 bits per heavy atom. The Balaban J connectivity index is 3.03. The molecule has 0 radical (unpaired) electrons. The minimum Gasteiger partial charge on any atom is -0.386 e. The second-order valence-corrected chi connectivity index (χ2v) is 4.71. The molecule has 1 aromatic carbocycles. The van der Waals surface area contributed by atoms with Crippen LogP contribution in [0.25, 0.3) is 0 Å². The molecule has 1 rings (SSSR count). The van der Waals surface area contributed by atoms with Gasteiger partial charge in [-0.3, -0.25) is 0 Å². The first-order valence-electron chi connectivity index (χ1n) is 4.26. The smallest absolute Gasteiger partial charge is 0.386 e. The molecule has 8 heteroatoms. The van der Waals surface area contributed by atoms with Gasteiger partial charge in [-0.1, -0.05) is 11.6 Å². The predicted octanol–water partition coefficient (Wildman–Crippen LogP) is 4.18. The highest BCUT2D eigenvalue weighted by Crippen LogP contribution is 2.39. The van der Waals surface area contributed by atoms with E-state index >= 15 is 0 Å². The second-order valence-electron chi connectivity index (χ2n) is 2.90. The average Bonchev–Trinajstić information content (AvgIpc) is 2.20. The molecule has 1 aromatic rings. The maximum absolute atomic E-state index is 12.2. The molecule has 17 heavy (non-hydrogen) atoms. The molecule has 0 heterocycles. The Bertz CT molecular complexity index is 435. The first-order chi connectivity index (χ1) is 7.81. The third-order valence-corrected chi connectivity index (χ3v) is 2.87. The first-order valence-corrected chi connectivity index (χ1v) is 5.99. The van der Waals surface area contributed by atoms with Crippen LogP contribution in [0.5, 0.6) is 0 Å². The van der Waals surface area contributed by atoms with E-state index in [9.17, 15) is 13.2 Å². The summed E-state index contributed by atoms with van der Waals surface area (Å²) >= 11 is 10.9. The minimum atomic E-state index is -4.35. The van der Waals surface area contributed by atoms with Crippen LogP contribution in [-0.4, -0.2) is 17.2 Å². The van der Waals surface area contributed by atoms with Gasteiger partial charge in [-0.05, 0) is 30.0 Å². The quantitative estimate of drug-likeness (QED) is 0.394. The van der Waals surface area contributed by atoms with E-state index < -0.39 is 5.51 Å². The van der Waals surface area contributed by atoms with Crippen LogP contribution in [0.2, 0.25) is 5.02 Å². The van der Waals surface area contributed by atoms with E-state index in [0.29, 0.717) is 0 Å². The van der Waals surface area contributed by atoms with Crippen molar-refractivity contribution in [3.8, 4) is 0 Å². The normalized spacial score (nSPS) is 12.9. The molecule has 94 valence electrons. The van der Waals surface area contributed by atoms with Crippen molar-refractivity contribution in [1.82, 2.24) is 0 Å². The zero-order valence-electron chi connectivity index (χ0n) is 8.26. The molecule has 2 N–H and O–H groups in total. The van der Waals surface area contributed by atoms with Crippen LogP contribution in [-0.2, 0) is 0 Å². The molecule has 0 fully saturated rings. The van der Waals surface area contributed by atoms with E-state index in [4.69, 9.17) is 28.9 Å². The SMILES string of the molecule is NC(CCl)=Nc1cc(SC(F)(F)F)ccc1Cl. The lowest BCUT2D eigenvalue weighted by Gasteiger charge is -2.07. The topological polar surface area (TPSA) is 38.4 Å². The summed E-state index contributed by atoms with van der Waals surface area (Å²) < 4.78 is 36.5. The van der Waals surface area contributed by atoms with Gasteiger partial charge < -0.3 is 5.73 Å². The molecule has 0 atom stereocenters. The van der Waals surface area contributed by atoms with E-state index in [0.717, 1.165) is 0 Å². The molecule has 2 nitrogen and oxygen atoms in total. The van der Waals surface area contributed by atoms with E-state index in [2.05, 4.69) is 4.99 Å². The standard InChI is InChI=1S/C9H7Cl2F3N2S/c10-4-8(15)16-7-3-5(1-2-6(7)11)17-9(12,13)14/h1-3H,4H2,(H2,15,16). The van der Waals surface area contributed by atoms with E-state index in [1.807, 2.05) is 0 Å². The van der Waals surface area contributed by atoms with Crippen LogP contribution in [0.15, 0.2) is 28.1 Å². The number of hydrogen-bond acceptors (Lipinski definition) is 2. The maximum atomic E-state index is 12.2. The van der Waals surface area contributed by atoms with Gasteiger partial charge in [0, 0.05) is 4.90 Å². The van der Waals surface area contributed by atoms with Gasteiger partial charge in [0.25, 0.3) is 0 Å². The molecular formula is C9H7Cl2F3N2S. The molecule has 0 aliphatic heterocycles. The Morgan fingerprint density at radius 3 is 2.59 bits per heavy atom. The van der Waals surface area contributed by atoms with Gasteiger partial charge in [-0.2, -0.15) is 13.2 Å². The Kier molecular flexibility index (Phi) is 4.97. The molecule has 0 amide bonds. The Hall–Kier alpha value is -0.590. The summed E-state index contributed by atoms with van der Waals surface area (Å²) in [6.07, 6.45) is 0. The van der Waals surface area contributed by atoms with Gasteiger partial charge in [-0.15, -0.1) is 11.6 Å². The number of benzene rings is 1. The number of halogens is 5. The molecule has 0 saturated heterocycles. The van der Waals surface area contributed by atoms with Crippen molar-refractivity contribution in [1.29, 1.82) is 0 Å². The fourth-order valence-electron chi connectivity index (χ4n) is 0.960. The number of nitrogens with two attached hydrogens (primary N) is 1. The van der Waals surface area contributed by atoms with Gasteiger partial charge in [-0.25, -0.2) is 4.99 Å². The van der Waals surface area contributed by atoms with Crippen molar-refractivity contribution < 1.29 is 13.2 Å². The summed E-state index contributed by atoms with van der Waals surface area (Å²) in [7, 11) is 0. The highest BCUT2D eigenvalue weighted by Gasteiger charge is 2.29. The van der Waals surface area contributed by atoms with Gasteiger partial charge in [0.2, 0.25) is 0 Å². The summed E-state index contributed by atoms with van der Waals surface area (Å²) in [5.74, 6) is 0.0650. The van der Waals surface area contributed by atoms with Crippen LogP contribution in [0.4, 0.5) is 18.9 Å². The zero-order valence-corrected chi connectivity index (χ0v) is 10.6. The number of alkyl halides is 4. The van der Waals surface area contributed by atoms with Crippen LogP contribution in [0.3, 0.4) is 0 Å². The van der Waals surface area contributed by atoms with Crippen molar-refractivity contribution in [3.63, 3.8) is 0 Å². The lowest BCUT2D eigenvalue weighted by atomic mass is 10.3. The predicted molar refractivity (Wildman–Crippen MR) is 65.4 cm³/mol. The van der Waals surface area contributed by atoms with Gasteiger partial charge in [0.05, 0.1) is 16.6 Å². The fourth-order valence-corrected chi connectivity index (χ4v) is 1.75. The number of hydrogen-bond donors (Lipinski definition) is 1. The van der Waals surface area contributed by atoms with Gasteiger partial charge in [0.15, 0.2) is 0 Å². The summed E-state index contributed by atoms with van der Waals surface area (Å²) in [5.41, 5.74) is 1.19. The lowest BCUT2D eigenvalue weighted by molar-refractivity contribution is -0.0328. The summed E-state index contributed by atoms with van der Waals surface area (Å²) in [4.78, 5) is 3.81. The molecular weight excluding hydrogens is 296 g/mol. The highest BCUT2D eigenvalue weighted by atomic mass is 35.5. The highest BCUT2D eigenvalue weighted by molar-refractivity contribution is 8.00. The van der Waals surface area contributed by atoms with Gasteiger partial charge in [0.1, 0.15) is 5.84 Å². The van der Waals surface area contributed by atoms with Crippen molar-refractivity contribution >= 4 is 46.5 Å². The number of rotatable bonds is 3. The monoisotopic (exact) mass is 302 g/mol. The molecule has 0 aliphatic carbocycles. The number of nitrogens with zero attached hydrogens (tertiary/aromatic N) is 1. The zero-order chi connectivity index (χ0) is 13.1. The maximum Gasteiger partial charge on any atom is 0.446 e. The summed E-state index contributed by atoms with van der Waals surface area (Å²) in [6, 6.07) is 3.80. The molecule has 0 aliphatic rings. The third-order valence-electron chi connectivity index (χ3n) is 1.55. The van der Waals surface area contributed by atoms with E-state index in [1.165, 1.54) is 18.2 Å². The molecule has 0 spiro atoms. The van der Waals surface area contributed by atoms with Gasteiger partial charge >= 0.3 is 5.51 Å². The van der Waals surface area contributed by atoms with Crippen molar-refractivity contribution in [2.24, 2.45) is 10.7 Å². The molecule has 0 unspecified atom stereocenters. The molecule has 0 aromatic heterocycles.